The van der Waals surface area contributed by atoms with Crippen molar-refractivity contribution in [3.05, 3.63) is 29.3 Å². The van der Waals surface area contributed by atoms with Crippen molar-refractivity contribution in [2.45, 2.75) is 43.5 Å². The van der Waals surface area contributed by atoms with Gasteiger partial charge in [-0.15, -0.1) is 0 Å². The maximum absolute atomic E-state index is 12.8. The zero-order chi connectivity index (χ0) is 19.4. The second-order valence-corrected chi connectivity index (χ2v) is 9.72. The number of rotatable bonds is 5. The molecule has 1 atom stereocenters. The number of nitrogens with one attached hydrogen (secondary N) is 1. The van der Waals surface area contributed by atoms with Crippen LogP contribution in [0.15, 0.2) is 29.2 Å². The normalized spacial score (nSPS) is 22.7. The fourth-order valence-electron chi connectivity index (χ4n) is 4.08. The Morgan fingerprint density at radius 1 is 1.19 bits per heavy atom. The van der Waals surface area contributed by atoms with Crippen molar-refractivity contribution >= 4 is 27.5 Å². The Labute approximate surface area is 167 Å². The molecule has 2 heterocycles. The lowest BCUT2D eigenvalue weighted by atomic mass is 10.00. The minimum atomic E-state index is -3.59. The van der Waals surface area contributed by atoms with Crippen LogP contribution < -0.4 is 4.90 Å². The number of carbonyl (C=O) groups is 1. The molecule has 0 aliphatic carbocycles. The van der Waals surface area contributed by atoms with Gasteiger partial charge in [0.05, 0.1) is 31.2 Å². The lowest BCUT2D eigenvalue weighted by Gasteiger charge is -2.37. The first-order valence-electron chi connectivity index (χ1n) is 9.81. The summed E-state index contributed by atoms with van der Waals surface area (Å²) in [6.45, 7) is 5.55. The monoisotopic (exact) mass is 414 g/mol. The Kier molecular flexibility index (Phi) is 6.78. The summed E-state index contributed by atoms with van der Waals surface area (Å²) < 4.78 is 27.1. The van der Waals surface area contributed by atoms with E-state index in [0.29, 0.717) is 38.8 Å². The first kappa shape index (κ1) is 20.6. The molecule has 0 bridgehead atoms. The summed E-state index contributed by atoms with van der Waals surface area (Å²) in [5.41, 5.74) is 0. The van der Waals surface area contributed by atoms with Gasteiger partial charge in [0.25, 0.3) is 5.91 Å². The summed E-state index contributed by atoms with van der Waals surface area (Å²) in [6, 6.07) is 6.91. The number of piperazine rings is 1. The van der Waals surface area contributed by atoms with Crippen LogP contribution in [0.25, 0.3) is 0 Å². The van der Waals surface area contributed by atoms with Crippen LogP contribution in [-0.4, -0.2) is 68.8 Å². The second kappa shape index (κ2) is 8.90. The number of nitrogens with zero attached hydrogens (tertiary/aromatic N) is 2. The summed E-state index contributed by atoms with van der Waals surface area (Å²) >= 11 is 6.08. The van der Waals surface area contributed by atoms with Gasteiger partial charge >= 0.3 is 0 Å². The standard InChI is InChI=1S/C19H28ClN3O3S/c1-2-16-7-5-6-10-23(16)19(24)15-21-11-13-22(14-12-21)27(25,26)18-9-4-3-8-17(18)20/h3-4,8-9,16H,2,5-7,10-15H2,1H3/p+1/t16-/m1/s1. The highest BCUT2D eigenvalue weighted by atomic mass is 35.5. The van der Waals surface area contributed by atoms with E-state index in [4.69, 9.17) is 11.6 Å². The van der Waals surface area contributed by atoms with Crippen LogP contribution in [0.3, 0.4) is 0 Å². The van der Waals surface area contributed by atoms with Crippen molar-refractivity contribution < 1.29 is 18.1 Å². The lowest BCUT2D eigenvalue weighted by molar-refractivity contribution is -0.896. The zero-order valence-corrected chi connectivity index (χ0v) is 17.4. The molecule has 27 heavy (non-hydrogen) atoms. The van der Waals surface area contributed by atoms with Crippen LogP contribution in [0.5, 0.6) is 0 Å². The molecule has 6 nitrogen and oxygen atoms in total. The molecule has 150 valence electrons. The quantitative estimate of drug-likeness (QED) is 0.782. The number of hydrogen-bond donors (Lipinski definition) is 1. The third-order valence-electron chi connectivity index (χ3n) is 5.70. The average molecular weight is 415 g/mol. The molecule has 0 aromatic heterocycles. The first-order valence-corrected chi connectivity index (χ1v) is 11.6. The predicted octanol–water partition coefficient (Wildman–Crippen LogP) is 1.02. The van der Waals surface area contributed by atoms with Crippen molar-refractivity contribution in [3.8, 4) is 0 Å². The van der Waals surface area contributed by atoms with Gasteiger partial charge in [-0.3, -0.25) is 4.79 Å². The highest BCUT2D eigenvalue weighted by Gasteiger charge is 2.34. The Balaban J connectivity index is 1.57. The average Bonchev–Trinajstić information content (AvgIpc) is 2.68. The Morgan fingerprint density at radius 3 is 2.56 bits per heavy atom. The lowest BCUT2D eigenvalue weighted by Crippen LogP contribution is -3.15. The van der Waals surface area contributed by atoms with E-state index in [1.54, 1.807) is 24.3 Å². The smallest absolute Gasteiger partial charge is 0.278 e. The van der Waals surface area contributed by atoms with E-state index in [1.807, 2.05) is 4.90 Å². The number of piperidine rings is 1. The molecule has 0 unspecified atom stereocenters. The summed E-state index contributed by atoms with van der Waals surface area (Å²) in [5, 5.41) is 0.248. The summed E-state index contributed by atoms with van der Waals surface area (Å²) in [4.78, 5) is 16.1. The van der Waals surface area contributed by atoms with Crippen LogP contribution >= 0.6 is 11.6 Å². The molecular formula is C19H29ClN3O3S+. The number of halogens is 1. The van der Waals surface area contributed by atoms with Crippen LogP contribution in [-0.2, 0) is 14.8 Å². The molecule has 3 rings (SSSR count). The highest BCUT2D eigenvalue weighted by molar-refractivity contribution is 7.89. The number of hydrogen-bond acceptors (Lipinski definition) is 3. The highest BCUT2D eigenvalue weighted by Crippen LogP contribution is 2.24. The molecule has 1 aromatic rings. The largest absolute Gasteiger partial charge is 0.335 e. The summed E-state index contributed by atoms with van der Waals surface area (Å²) in [6.07, 6.45) is 4.39. The molecule has 0 radical (unpaired) electrons. The predicted molar refractivity (Wildman–Crippen MR) is 105 cm³/mol. The molecule has 0 saturated carbocycles. The molecule has 2 aliphatic heterocycles. The van der Waals surface area contributed by atoms with Gasteiger partial charge in [-0.05, 0) is 37.8 Å². The van der Waals surface area contributed by atoms with Crippen LogP contribution in [0.4, 0.5) is 0 Å². The molecule has 0 spiro atoms. The fraction of sp³-hybridized carbons (Fsp3) is 0.632. The number of carbonyl (C=O) groups excluding carboxylic acids is 1. The van der Waals surface area contributed by atoms with E-state index in [0.717, 1.165) is 30.7 Å². The number of sulfonamides is 1. The van der Waals surface area contributed by atoms with Gasteiger partial charge in [-0.25, -0.2) is 8.42 Å². The van der Waals surface area contributed by atoms with E-state index in [-0.39, 0.29) is 15.8 Å². The number of likely N-dealkylation sites (tertiary alicyclic amines) is 1. The minimum absolute atomic E-state index is 0.158. The van der Waals surface area contributed by atoms with Crippen molar-refractivity contribution in [2.24, 2.45) is 0 Å². The van der Waals surface area contributed by atoms with E-state index in [2.05, 4.69) is 6.92 Å². The van der Waals surface area contributed by atoms with Crippen molar-refractivity contribution in [2.75, 3.05) is 39.3 Å². The third-order valence-corrected chi connectivity index (χ3v) is 8.10. The van der Waals surface area contributed by atoms with Gasteiger partial charge in [0.2, 0.25) is 10.0 Å². The molecule has 1 N–H and O–H groups in total. The maximum Gasteiger partial charge on any atom is 0.278 e. The number of benzene rings is 1. The molecule has 1 amide bonds. The van der Waals surface area contributed by atoms with Crippen molar-refractivity contribution in [3.63, 3.8) is 0 Å². The minimum Gasteiger partial charge on any atom is -0.335 e. The van der Waals surface area contributed by atoms with E-state index in [9.17, 15) is 13.2 Å². The van der Waals surface area contributed by atoms with Gasteiger partial charge < -0.3 is 9.80 Å². The van der Waals surface area contributed by atoms with Gasteiger partial charge in [0.1, 0.15) is 4.90 Å². The van der Waals surface area contributed by atoms with Gasteiger partial charge in [-0.1, -0.05) is 30.7 Å². The van der Waals surface area contributed by atoms with E-state index in [1.165, 1.54) is 10.7 Å². The molecular weight excluding hydrogens is 386 g/mol. The Hall–Kier alpha value is -1.15. The number of amides is 1. The van der Waals surface area contributed by atoms with Crippen LogP contribution in [0.1, 0.15) is 32.6 Å². The Morgan fingerprint density at radius 2 is 1.89 bits per heavy atom. The van der Waals surface area contributed by atoms with Gasteiger partial charge in [-0.2, -0.15) is 4.31 Å². The molecule has 1 aromatic carbocycles. The summed E-state index contributed by atoms with van der Waals surface area (Å²) in [5.74, 6) is 0.207. The van der Waals surface area contributed by atoms with E-state index >= 15 is 0 Å². The number of quaternary nitrogens is 1. The Bertz CT molecular complexity index is 763. The van der Waals surface area contributed by atoms with Crippen molar-refractivity contribution in [1.29, 1.82) is 0 Å². The topological polar surface area (TPSA) is 62.1 Å². The fourth-order valence-corrected chi connectivity index (χ4v) is 6.02. The second-order valence-electron chi connectivity index (χ2n) is 7.41. The third kappa shape index (κ3) is 4.65. The van der Waals surface area contributed by atoms with Gasteiger partial charge in [0, 0.05) is 12.6 Å². The van der Waals surface area contributed by atoms with Crippen LogP contribution in [0.2, 0.25) is 5.02 Å². The van der Waals surface area contributed by atoms with Crippen molar-refractivity contribution in [1.82, 2.24) is 9.21 Å². The van der Waals surface area contributed by atoms with E-state index < -0.39 is 10.0 Å². The molecule has 2 aliphatic rings. The molecule has 8 heteroatoms. The maximum atomic E-state index is 12.8. The summed E-state index contributed by atoms with van der Waals surface area (Å²) in [7, 11) is -3.59. The first-order chi connectivity index (χ1) is 12.9. The molecule has 2 saturated heterocycles. The zero-order valence-electron chi connectivity index (χ0n) is 15.9. The molecule has 2 fully saturated rings. The van der Waals surface area contributed by atoms with Gasteiger partial charge in [0.15, 0.2) is 6.54 Å². The SMILES string of the molecule is CC[C@@H]1CCCCN1C(=O)C[NH+]1CCN(S(=O)(=O)c2ccccc2Cl)CC1. The van der Waals surface area contributed by atoms with Crippen LogP contribution in [0, 0.1) is 0 Å².